The third-order valence-electron chi connectivity index (χ3n) is 2.93. The number of hydrogen-bond acceptors (Lipinski definition) is 2. The minimum atomic E-state index is 0.648. The lowest BCUT2D eigenvalue weighted by atomic mass is 10.2. The fraction of sp³-hybridized carbons (Fsp3) is 0.111. The maximum Gasteiger partial charge on any atom is 0.0493 e. The Balaban J connectivity index is 1.69. The van der Waals surface area contributed by atoms with Crippen molar-refractivity contribution in [1.82, 2.24) is 0 Å². The molecule has 0 radical (unpaired) electrons. The monoisotopic (exact) mass is 434 g/mol. The van der Waals surface area contributed by atoms with E-state index in [1.165, 1.54) is 0 Å². The summed E-state index contributed by atoms with van der Waals surface area (Å²) in [5.74, 6) is 1.80. The molecule has 0 bridgehead atoms. The Morgan fingerprint density at radius 2 is 1.08 bits per heavy atom. The van der Waals surface area contributed by atoms with E-state index in [1.807, 2.05) is 36.4 Å². The van der Waals surface area contributed by atoms with Crippen molar-refractivity contribution in [1.29, 1.82) is 0 Å². The van der Waals surface area contributed by atoms with Crippen molar-refractivity contribution in [3.63, 3.8) is 0 Å². The first kappa shape index (κ1) is 20.1. The van der Waals surface area contributed by atoms with Gasteiger partial charge in [-0.2, -0.15) is 0 Å². The Morgan fingerprint density at radius 3 is 1.46 bits per heavy atom. The van der Waals surface area contributed by atoms with Crippen molar-refractivity contribution in [3.05, 3.63) is 79.8 Å². The highest BCUT2D eigenvalue weighted by atomic mass is 35.5. The zero-order chi connectivity index (χ0) is 17.4. The van der Waals surface area contributed by atoms with E-state index in [1.54, 1.807) is 33.7 Å². The lowest BCUT2D eigenvalue weighted by molar-refractivity contribution is 1.64. The Hall–Kier alpha value is -0.220. The Morgan fingerprint density at radius 1 is 0.667 bits per heavy atom. The lowest BCUT2D eigenvalue weighted by Crippen LogP contribution is -1.77. The van der Waals surface area contributed by atoms with E-state index in [0.717, 1.165) is 22.6 Å². The predicted molar refractivity (Wildman–Crippen MR) is 116 cm³/mol. The summed E-state index contributed by atoms with van der Waals surface area (Å²) >= 11 is 24.0. The molecule has 0 aliphatic carbocycles. The van der Waals surface area contributed by atoms with Gasteiger partial charge in [0.1, 0.15) is 0 Å². The SMILES string of the molecule is Clc1ccc(/C=C/CSSC/C=C/c2ccc(Cl)cc2Cl)c(Cl)c1. The molecule has 0 amide bonds. The van der Waals surface area contributed by atoms with Crippen LogP contribution in [0.15, 0.2) is 48.6 Å². The van der Waals surface area contributed by atoms with Crippen LogP contribution >= 0.6 is 68.0 Å². The van der Waals surface area contributed by atoms with E-state index in [0.29, 0.717) is 20.1 Å². The van der Waals surface area contributed by atoms with E-state index in [2.05, 4.69) is 12.2 Å². The molecule has 0 heterocycles. The fourth-order valence-corrected chi connectivity index (χ4v) is 4.33. The van der Waals surface area contributed by atoms with Gasteiger partial charge in [0.05, 0.1) is 0 Å². The van der Waals surface area contributed by atoms with Crippen LogP contribution in [0.2, 0.25) is 20.1 Å². The van der Waals surface area contributed by atoms with Gasteiger partial charge in [-0.15, -0.1) is 0 Å². The van der Waals surface area contributed by atoms with Crippen molar-refractivity contribution >= 4 is 80.1 Å². The van der Waals surface area contributed by atoms with Gasteiger partial charge in [0.25, 0.3) is 0 Å². The highest BCUT2D eigenvalue weighted by Crippen LogP contribution is 2.26. The Bertz CT molecular complexity index is 678. The summed E-state index contributed by atoms with van der Waals surface area (Å²) in [6, 6.07) is 11.0. The van der Waals surface area contributed by atoms with Gasteiger partial charge in [-0.3, -0.25) is 0 Å². The molecule has 0 saturated carbocycles. The Kier molecular flexibility index (Phi) is 8.96. The van der Waals surface area contributed by atoms with E-state index in [4.69, 9.17) is 46.4 Å². The van der Waals surface area contributed by atoms with E-state index in [-0.39, 0.29) is 0 Å². The number of rotatable bonds is 7. The normalized spacial score (nSPS) is 11.7. The summed E-state index contributed by atoms with van der Waals surface area (Å²) in [5.41, 5.74) is 1.95. The largest absolute Gasteiger partial charge is 0.0897 e. The summed E-state index contributed by atoms with van der Waals surface area (Å²) in [6.45, 7) is 0. The molecular weight excluding hydrogens is 422 g/mol. The van der Waals surface area contributed by atoms with Crippen LogP contribution < -0.4 is 0 Å². The summed E-state index contributed by atoms with van der Waals surface area (Å²) < 4.78 is 0. The molecule has 0 saturated heterocycles. The zero-order valence-electron chi connectivity index (χ0n) is 12.5. The van der Waals surface area contributed by atoms with Gasteiger partial charge in [0, 0.05) is 31.6 Å². The molecule has 0 aliphatic heterocycles. The minimum Gasteiger partial charge on any atom is -0.0897 e. The number of benzene rings is 2. The second kappa shape index (κ2) is 10.7. The van der Waals surface area contributed by atoms with Crippen LogP contribution in [-0.4, -0.2) is 11.5 Å². The van der Waals surface area contributed by atoms with E-state index >= 15 is 0 Å². The average molecular weight is 436 g/mol. The third-order valence-corrected chi connectivity index (χ3v) is 6.20. The molecule has 2 rings (SSSR count). The molecule has 0 nitrogen and oxygen atoms in total. The predicted octanol–water partition coefficient (Wildman–Crippen LogP) is 8.41. The molecule has 0 atom stereocenters. The summed E-state index contributed by atoms with van der Waals surface area (Å²) in [4.78, 5) is 0. The van der Waals surface area contributed by atoms with Crippen LogP contribution in [0, 0.1) is 0 Å². The van der Waals surface area contributed by atoms with Gasteiger partial charge in [-0.25, -0.2) is 0 Å². The third kappa shape index (κ3) is 6.95. The molecule has 0 aromatic heterocycles. The molecule has 24 heavy (non-hydrogen) atoms. The molecule has 0 fully saturated rings. The Labute approximate surface area is 170 Å². The topological polar surface area (TPSA) is 0 Å². The molecule has 0 aliphatic rings. The molecule has 0 spiro atoms. The van der Waals surface area contributed by atoms with Crippen LogP contribution in [0.1, 0.15) is 11.1 Å². The van der Waals surface area contributed by atoms with Crippen molar-refractivity contribution in [3.8, 4) is 0 Å². The molecular formula is C18H14Cl4S2. The van der Waals surface area contributed by atoms with Gasteiger partial charge >= 0.3 is 0 Å². The first-order valence-corrected chi connectivity index (χ1v) is 11.0. The van der Waals surface area contributed by atoms with Crippen LogP contribution in [0.3, 0.4) is 0 Å². The maximum absolute atomic E-state index is 6.12. The molecule has 0 unspecified atom stereocenters. The quantitative estimate of drug-likeness (QED) is 0.316. The smallest absolute Gasteiger partial charge is 0.0493 e. The van der Waals surface area contributed by atoms with Crippen molar-refractivity contribution < 1.29 is 0 Å². The van der Waals surface area contributed by atoms with Crippen LogP contribution in [0.25, 0.3) is 12.2 Å². The zero-order valence-corrected chi connectivity index (χ0v) is 17.2. The molecule has 6 heteroatoms. The molecule has 2 aromatic rings. The fourth-order valence-electron chi connectivity index (χ4n) is 1.80. The second-order valence-corrected chi connectivity index (χ2v) is 8.94. The summed E-state index contributed by atoms with van der Waals surface area (Å²) in [7, 11) is 3.56. The van der Waals surface area contributed by atoms with Crippen LogP contribution in [0.4, 0.5) is 0 Å². The molecule has 0 N–H and O–H groups in total. The number of halogens is 4. The van der Waals surface area contributed by atoms with Gasteiger partial charge in [0.15, 0.2) is 0 Å². The maximum atomic E-state index is 6.12. The average Bonchev–Trinajstić information content (AvgIpc) is 2.53. The lowest BCUT2D eigenvalue weighted by Gasteiger charge is -1.99. The van der Waals surface area contributed by atoms with Crippen LogP contribution in [-0.2, 0) is 0 Å². The van der Waals surface area contributed by atoms with Crippen molar-refractivity contribution in [2.45, 2.75) is 0 Å². The standard InChI is InChI=1S/C18H14Cl4S2/c19-15-7-5-13(17(21)11-15)3-1-9-23-24-10-2-4-14-6-8-16(20)12-18(14)22/h1-8,11-12H,9-10H2/b3-1+,4-2+. The number of hydrogen-bond donors (Lipinski definition) is 0. The van der Waals surface area contributed by atoms with Crippen molar-refractivity contribution in [2.75, 3.05) is 11.5 Å². The van der Waals surface area contributed by atoms with E-state index < -0.39 is 0 Å². The first-order valence-electron chi connectivity index (χ1n) is 7.04. The van der Waals surface area contributed by atoms with Crippen molar-refractivity contribution in [2.24, 2.45) is 0 Å². The van der Waals surface area contributed by atoms with E-state index in [9.17, 15) is 0 Å². The minimum absolute atomic E-state index is 0.648. The van der Waals surface area contributed by atoms with Crippen LogP contribution in [0.5, 0.6) is 0 Å². The first-order chi connectivity index (χ1) is 11.6. The van der Waals surface area contributed by atoms with Gasteiger partial charge in [0.2, 0.25) is 0 Å². The summed E-state index contributed by atoms with van der Waals surface area (Å²) in [5, 5.41) is 2.63. The second-order valence-electron chi connectivity index (χ2n) is 4.71. The summed E-state index contributed by atoms with van der Waals surface area (Å²) in [6.07, 6.45) is 8.20. The van der Waals surface area contributed by atoms with Gasteiger partial charge in [-0.05, 0) is 35.4 Å². The molecule has 2 aromatic carbocycles. The molecule has 126 valence electrons. The van der Waals surface area contributed by atoms with Gasteiger partial charge in [-0.1, -0.05) is 104 Å². The highest BCUT2D eigenvalue weighted by molar-refractivity contribution is 8.76. The highest BCUT2D eigenvalue weighted by Gasteiger charge is 1.98. The van der Waals surface area contributed by atoms with Gasteiger partial charge < -0.3 is 0 Å².